The molecule has 0 saturated carbocycles. The molecule has 2 saturated heterocycles. The van der Waals surface area contributed by atoms with Crippen LogP contribution in [0.25, 0.3) is 0 Å². The first-order valence-electron chi connectivity index (χ1n) is 12.4. The van der Waals surface area contributed by atoms with Gasteiger partial charge in [-0.1, -0.05) is 24.3 Å². The van der Waals surface area contributed by atoms with E-state index in [9.17, 15) is 9.59 Å². The predicted octanol–water partition coefficient (Wildman–Crippen LogP) is 2.85. The van der Waals surface area contributed by atoms with Crippen molar-refractivity contribution in [2.75, 3.05) is 39.3 Å². The molecule has 2 N–H and O–H groups in total. The Labute approximate surface area is 199 Å². The van der Waals surface area contributed by atoms with Crippen molar-refractivity contribution in [1.82, 2.24) is 15.5 Å². The molecule has 7 rings (SSSR count). The highest BCUT2D eigenvalue weighted by atomic mass is 16.5. The summed E-state index contributed by atoms with van der Waals surface area (Å²) in [5.74, 6) is 2.62. The van der Waals surface area contributed by atoms with Crippen molar-refractivity contribution < 1.29 is 19.1 Å². The topological polar surface area (TPSA) is 79.9 Å². The normalized spacial score (nSPS) is 26.6. The maximum Gasteiger partial charge on any atom is 0.225 e. The van der Waals surface area contributed by atoms with Crippen molar-refractivity contribution in [3.63, 3.8) is 0 Å². The van der Waals surface area contributed by atoms with E-state index < -0.39 is 0 Å². The fourth-order valence-corrected chi connectivity index (χ4v) is 6.04. The van der Waals surface area contributed by atoms with Crippen molar-refractivity contribution in [2.45, 2.75) is 31.6 Å². The molecular weight excluding hydrogens is 430 g/mol. The highest BCUT2D eigenvalue weighted by molar-refractivity contribution is 5.80. The fourth-order valence-electron chi connectivity index (χ4n) is 6.04. The summed E-state index contributed by atoms with van der Waals surface area (Å²) >= 11 is 0. The number of fused-ring (bicyclic) bond motifs is 5. The average molecular weight is 462 g/mol. The quantitative estimate of drug-likeness (QED) is 0.683. The Morgan fingerprint density at radius 3 is 2.82 bits per heavy atom. The summed E-state index contributed by atoms with van der Waals surface area (Å²) in [5, 5.41) is 6.53. The van der Waals surface area contributed by atoms with Crippen LogP contribution in [0.2, 0.25) is 0 Å². The van der Waals surface area contributed by atoms with Gasteiger partial charge in [-0.15, -0.1) is 0 Å². The number of amides is 2. The van der Waals surface area contributed by atoms with Gasteiger partial charge in [0.2, 0.25) is 11.8 Å². The molecule has 0 aromatic heterocycles. The number of para-hydroxylation sites is 1. The van der Waals surface area contributed by atoms with Crippen molar-refractivity contribution in [3.8, 4) is 17.2 Å². The number of hydrogen-bond donors (Lipinski definition) is 2. The van der Waals surface area contributed by atoms with Crippen LogP contribution in [0.1, 0.15) is 36.3 Å². The van der Waals surface area contributed by atoms with Crippen LogP contribution in [0.5, 0.6) is 17.2 Å². The summed E-state index contributed by atoms with van der Waals surface area (Å²) in [5.41, 5.74) is 1.78. The Bertz CT molecular complexity index is 1110. The SMILES string of the molecule is O=C1CCc2cccc(c2)Oc2cccc3c2OC[C@]2(CN1)CN(C(=O)C1CCNCC1)C[C@H]32. The molecule has 5 aliphatic heterocycles. The molecule has 5 aliphatic rings. The smallest absolute Gasteiger partial charge is 0.225 e. The first-order chi connectivity index (χ1) is 16.6. The molecule has 2 atom stereocenters. The molecule has 34 heavy (non-hydrogen) atoms. The Balaban J connectivity index is 1.37. The summed E-state index contributed by atoms with van der Waals surface area (Å²) < 4.78 is 12.7. The number of aryl methyl sites for hydroxylation is 1. The minimum absolute atomic E-state index is 0.0270. The van der Waals surface area contributed by atoms with Gasteiger partial charge in [0.25, 0.3) is 0 Å². The first-order valence-corrected chi connectivity index (χ1v) is 12.4. The first kappa shape index (κ1) is 21.5. The van der Waals surface area contributed by atoms with Crippen LogP contribution in [-0.4, -0.2) is 56.0 Å². The van der Waals surface area contributed by atoms with Crippen LogP contribution in [0, 0.1) is 11.3 Å². The number of carbonyl (C=O) groups is 2. The zero-order valence-corrected chi connectivity index (χ0v) is 19.3. The summed E-state index contributed by atoms with van der Waals surface area (Å²) in [6.45, 7) is 3.97. The zero-order valence-electron chi connectivity index (χ0n) is 19.3. The van der Waals surface area contributed by atoms with Crippen LogP contribution in [0.15, 0.2) is 42.5 Å². The number of piperidine rings is 1. The van der Waals surface area contributed by atoms with E-state index in [1.54, 1.807) is 0 Å². The van der Waals surface area contributed by atoms with Gasteiger partial charge in [0.15, 0.2) is 11.5 Å². The second-order valence-corrected chi connectivity index (χ2v) is 10.1. The maximum atomic E-state index is 13.5. The van der Waals surface area contributed by atoms with E-state index in [0.29, 0.717) is 44.8 Å². The molecule has 0 aliphatic carbocycles. The van der Waals surface area contributed by atoms with Crippen molar-refractivity contribution in [2.24, 2.45) is 11.3 Å². The van der Waals surface area contributed by atoms with Crippen LogP contribution in [0.3, 0.4) is 0 Å². The number of carbonyl (C=O) groups excluding carboxylic acids is 2. The standard InChI is InChI=1S/C27H31N3O4/c31-24-8-7-18-3-1-4-20(13-18)34-23-6-2-5-21-22-14-30(26(32)19-9-11-28-12-10-19)16-27(22,15-29-24)17-33-25(21)23/h1-6,13,19,22,28H,7-12,14-17H2,(H,29,31)/t22-,27+/m1/s1. The molecule has 1 spiro atoms. The zero-order chi connectivity index (χ0) is 23.1. The van der Waals surface area contributed by atoms with E-state index in [1.807, 2.05) is 41.3 Å². The third kappa shape index (κ3) is 3.82. The maximum absolute atomic E-state index is 13.5. The monoisotopic (exact) mass is 461 g/mol. The number of hydrogen-bond acceptors (Lipinski definition) is 5. The number of nitrogens with zero attached hydrogens (tertiary/aromatic N) is 1. The molecule has 2 aromatic rings. The average Bonchev–Trinajstić information content (AvgIpc) is 3.27. The largest absolute Gasteiger partial charge is 0.489 e. The second kappa shape index (κ2) is 8.62. The van der Waals surface area contributed by atoms with Crippen LogP contribution < -0.4 is 20.1 Å². The molecule has 2 fully saturated rings. The van der Waals surface area contributed by atoms with E-state index in [-0.39, 0.29) is 29.1 Å². The van der Waals surface area contributed by atoms with Gasteiger partial charge < -0.3 is 25.0 Å². The molecule has 7 nitrogen and oxygen atoms in total. The third-order valence-electron chi connectivity index (χ3n) is 7.94. The Morgan fingerprint density at radius 1 is 1.09 bits per heavy atom. The number of nitrogens with one attached hydrogen (secondary N) is 2. The molecule has 5 heterocycles. The Kier molecular flexibility index (Phi) is 5.44. The Hall–Kier alpha value is -3.06. The van der Waals surface area contributed by atoms with Crippen molar-refractivity contribution in [3.05, 3.63) is 53.6 Å². The van der Waals surface area contributed by atoms with E-state index in [1.165, 1.54) is 0 Å². The molecule has 0 radical (unpaired) electrons. The molecule has 6 bridgehead atoms. The van der Waals surface area contributed by atoms with Crippen molar-refractivity contribution >= 4 is 11.8 Å². The summed E-state index contributed by atoms with van der Waals surface area (Å²) in [6.07, 6.45) is 2.84. The van der Waals surface area contributed by atoms with E-state index in [2.05, 4.69) is 16.7 Å². The van der Waals surface area contributed by atoms with Gasteiger partial charge in [-0.2, -0.15) is 0 Å². The van der Waals surface area contributed by atoms with Gasteiger partial charge in [0.05, 0.1) is 6.61 Å². The van der Waals surface area contributed by atoms with E-state index >= 15 is 0 Å². The van der Waals surface area contributed by atoms with E-state index in [4.69, 9.17) is 9.47 Å². The number of likely N-dealkylation sites (tertiary alicyclic amines) is 1. The van der Waals surface area contributed by atoms with Crippen LogP contribution in [0.4, 0.5) is 0 Å². The van der Waals surface area contributed by atoms with Gasteiger partial charge in [-0.25, -0.2) is 0 Å². The number of ether oxygens (including phenoxy) is 2. The minimum atomic E-state index is -0.345. The van der Waals surface area contributed by atoms with Crippen LogP contribution in [-0.2, 0) is 16.0 Å². The predicted molar refractivity (Wildman–Crippen MR) is 127 cm³/mol. The fraction of sp³-hybridized carbons (Fsp3) is 0.481. The molecule has 2 aromatic carbocycles. The summed E-state index contributed by atoms with van der Waals surface area (Å²) in [7, 11) is 0. The summed E-state index contributed by atoms with van der Waals surface area (Å²) in [6, 6.07) is 13.9. The van der Waals surface area contributed by atoms with Gasteiger partial charge in [0.1, 0.15) is 5.75 Å². The highest BCUT2D eigenvalue weighted by Gasteiger charge is 2.53. The van der Waals surface area contributed by atoms with Gasteiger partial charge in [-0.05, 0) is 56.1 Å². The van der Waals surface area contributed by atoms with Gasteiger partial charge in [0, 0.05) is 48.9 Å². The molecule has 7 heteroatoms. The summed E-state index contributed by atoms with van der Waals surface area (Å²) in [4.78, 5) is 28.3. The lowest BCUT2D eigenvalue weighted by Gasteiger charge is -2.40. The second-order valence-electron chi connectivity index (χ2n) is 10.1. The molecule has 2 amide bonds. The van der Waals surface area contributed by atoms with Crippen LogP contribution >= 0.6 is 0 Å². The van der Waals surface area contributed by atoms with E-state index in [0.717, 1.165) is 48.6 Å². The Morgan fingerprint density at radius 2 is 1.94 bits per heavy atom. The molecular formula is C27H31N3O4. The number of benzene rings is 2. The van der Waals surface area contributed by atoms with Gasteiger partial charge >= 0.3 is 0 Å². The lowest BCUT2D eigenvalue weighted by atomic mass is 9.73. The lowest BCUT2D eigenvalue weighted by molar-refractivity contribution is -0.135. The molecule has 178 valence electrons. The number of rotatable bonds is 1. The third-order valence-corrected chi connectivity index (χ3v) is 7.94. The lowest BCUT2D eigenvalue weighted by Crippen LogP contribution is -2.48. The minimum Gasteiger partial charge on any atom is -0.489 e. The molecule has 0 unspecified atom stereocenters. The highest BCUT2D eigenvalue weighted by Crippen LogP contribution is 2.52. The van der Waals surface area contributed by atoms with Gasteiger partial charge in [-0.3, -0.25) is 9.59 Å². The van der Waals surface area contributed by atoms with Crippen molar-refractivity contribution in [1.29, 1.82) is 0 Å².